The summed E-state index contributed by atoms with van der Waals surface area (Å²) < 4.78 is 0. The molecule has 4 nitrogen and oxygen atoms in total. The monoisotopic (exact) mass is 384 g/mol. The van der Waals surface area contributed by atoms with Crippen LogP contribution in [0.4, 0.5) is 0 Å². The fourth-order valence-corrected chi connectivity index (χ4v) is 3.56. The van der Waals surface area contributed by atoms with Crippen molar-refractivity contribution in [1.29, 1.82) is 0 Å². The molecule has 2 aromatic carbocycles. The lowest BCUT2D eigenvalue weighted by molar-refractivity contribution is -0.138. The zero-order valence-corrected chi connectivity index (χ0v) is 16.5. The van der Waals surface area contributed by atoms with Gasteiger partial charge in [-0.25, -0.2) is 0 Å². The molecular formula is C22H25ClN2O2. The van der Waals surface area contributed by atoms with Crippen LogP contribution in [0.15, 0.2) is 54.6 Å². The predicted octanol–water partition coefficient (Wildman–Crippen LogP) is 4.13. The molecule has 0 aromatic heterocycles. The van der Waals surface area contributed by atoms with Crippen LogP contribution in [0.3, 0.4) is 0 Å². The minimum absolute atomic E-state index is 0.0340. The zero-order chi connectivity index (χ0) is 19.4. The Bertz CT molecular complexity index is 790. The lowest BCUT2D eigenvalue weighted by atomic mass is 10.1. The highest BCUT2D eigenvalue weighted by Gasteiger charge is 2.37. The smallest absolute Gasteiger partial charge is 0.228 e. The van der Waals surface area contributed by atoms with Crippen LogP contribution in [0.5, 0.6) is 0 Å². The van der Waals surface area contributed by atoms with E-state index in [1.54, 1.807) is 4.90 Å². The second-order valence-corrected chi connectivity index (χ2v) is 7.78. The third-order valence-corrected chi connectivity index (χ3v) is 5.20. The van der Waals surface area contributed by atoms with Gasteiger partial charge in [-0.1, -0.05) is 54.1 Å². The fraction of sp³-hybridized carbons (Fsp3) is 0.364. The van der Waals surface area contributed by atoms with Crippen molar-refractivity contribution in [3.05, 3.63) is 70.7 Å². The molecule has 0 saturated carbocycles. The quantitative estimate of drug-likeness (QED) is 0.751. The van der Waals surface area contributed by atoms with Crippen molar-refractivity contribution in [3.63, 3.8) is 0 Å². The molecule has 1 saturated heterocycles. The molecule has 5 heteroatoms. The molecule has 1 unspecified atom stereocenters. The number of nitrogens with zero attached hydrogens (tertiary/aromatic N) is 2. The summed E-state index contributed by atoms with van der Waals surface area (Å²) in [7, 11) is 0. The van der Waals surface area contributed by atoms with Crippen molar-refractivity contribution in [3.8, 4) is 0 Å². The van der Waals surface area contributed by atoms with Crippen molar-refractivity contribution in [2.45, 2.75) is 39.4 Å². The summed E-state index contributed by atoms with van der Waals surface area (Å²) in [6.45, 7) is 5.59. The van der Waals surface area contributed by atoms with E-state index in [1.807, 2.05) is 73.3 Å². The molecule has 1 aliphatic rings. The molecule has 0 aliphatic carbocycles. The molecule has 0 spiro atoms. The van der Waals surface area contributed by atoms with Crippen LogP contribution < -0.4 is 0 Å². The van der Waals surface area contributed by atoms with Gasteiger partial charge in [-0.05, 0) is 37.1 Å². The summed E-state index contributed by atoms with van der Waals surface area (Å²) >= 11 is 5.92. The zero-order valence-electron chi connectivity index (χ0n) is 15.8. The molecular weight excluding hydrogens is 360 g/mol. The van der Waals surface area contributed by atoms with Crippen LogP contribution in [0.1, 0.15) is 31.4 Å². The molecule has 27 heavy (non-hydrogen) atoms. The Hall–Kier alpha value is -2.33. The lowest BCUT2D eigenvalue weighted by Gasteiger charge is -2.29. The average Bonchev–Trinajstić information content (AvgIpc) is 3.02. The van der Waals surface area contributed by atoms with Gasteiger partial charge < -0.3 is 9.80 Å². The Kier molecular flexibility index (Phi) is 6.17. The molecule has 3 rings (SSSR count). The van der Waals surface area contributed by atoms with Crippen LogP contribution in [0, 0.1) is 5.92 Å². The number of hydrogen-bond acceptors (Lipinski definition) is 2. The molecule has 1 fully saturated rings. The van der Waals surface area contributed by atoms with Gasteiger partial charge in [0.05, 0.1) is 5.92 Å². The third kappa shape index (κ3) is 4.89. The Morgan fingerprint density at radius 3 is 2.41 bits per heavy atom. The van der Waals surface area contributed by atoms with E-state index in [1.165, 1.54) is 0 Å². The van der Waals surface area contributed by atoms with Crippen LogP contribution in [-0.2, 0) is 22.7 Å². The van der Waals surface area contributed by atoms with Crippen molar-refractivity contribution in [2.75, 3.05) is 6.54 Å². The fourth-order valence-electron chi connectivity index (χ4n) is 3.43. The largest absolute Gasteiger partial charge is 0.338 e. The first-order valence-electron chi connectivity index (χ1n) is 9.30. The van der Waals surface area contributed by atoms with E-state index < -0.39 is 0 Å². The standard InChI is InChI=1S/C22H25ClN2O2/c1-16(2)25(14-17-6-4-3-5-7-17)22(27)19-12-21(26)24(15-19)13-18-8-10-20(23)11-9-18/h3-11,16,19H,12-15H2,1-2H3. The Morgan fingerprint density at radius 2 is 1.78 bits per heavy atom. The summed E-state index contributed by atoms with van der Waals surface area (Å²) in [5.74, 6) is -0.191. The third-order valence-electron chi connectivity index (χ3n) is 4.95. The number of halogens is 1. The van der Waals surface area contributed by atoms with E-state index in [2.05, 4.69) is 0 Å². The summed E-state index contributed by atoms with van der Waals surface area (Å²) in [6, 6.07) is 17.5. The summed E-state index contributed by atoms with van der Waals surface area (Å²) in [4.78, 5) is 29.2. The number of rotatable bonds is 6. The van der Waals surface area contributed by atoms with E-state index in [9.17, 15) is 9.59 Å². The van der Waals surface area contributed by atoms with Crippen LogP contribution in [-0.4, -0.2) is 34.2 Å². The van der Waals surface area contributed by atoms with E-state index in [0.717, 1.165) is 11.1 Å². The first kappa shape index (κ1) is 19.4. The van der Waals surface area contributed by atoms with E-state index >= 15 is 0 Å². The minimum Gasteiger partial charge on any atom is -0.338 e. The van der Waals surface area contributed by atoms with E-state index in [4.69, 9.17) is 11.6 Å². The van der Waals surface area contributed by atoms with E-state index in [0.29, 0.717) is 24.7 Å². The van der Waals surface area contributed by atoms with Gasteiger partial charge in [-0.3, -0.25) is 9.59 Å². The predicted molar refractivity (Wildman–Crippen MR) is 107 cm³/mol. The normalized spacial score (nSPS) is 16.8. The lowest BCUT2D eigenvalue weighted by Crippen LogP contribution is -2.41. The molecule has 2 aromatic rings. The number of carbonyl (C=O) groups is 2. The maximum atomic E-state index is 13.1. The van der Waals surface area contributed by atoms with Gasteiger partial charge in [0, 0.05) is 37.1 Å². The number of likely N-dealkylation sites (tertiary alicyclic amines) is 1. The Balaban J connectivity index is 1.66. The van der Waals surface area contributed by atoms with Crippen molar-refractivity contribution in [1.82, 2.24) is 9.80 Å². The average molecular weight is 385 g/mol. The van der Waals surface area contributed by atoms with Gasteiger partial charge in [0.15, 0.2) is 0 Å². The maximum Gasteiger partial charge on any atom is 0.228 e. The van der Waals surface area contributed by atoms with Gasteiger partial charge >= 0.3 is 0 Å². The highest BCUT2D eigenvalue weighted by Crippen LogP contribution is 2.24. The van der Waals surface area contributed by atoms with Crippen LogP contribution >= 0.6 is 11.6 Å². The molecule has 1 aliphatic heterocycles. The van der Waals surface area contributed by atoms with Crippen molar-refractivity contribution in [2.24, 2.45) is 5.92 Å². The summed E-state index contributed by atoms with van der Waals surface area (Å²) in [5.41, 5.74) is 2.12. The number of carbonyl (C=O) groups excluding carboxylic acids is 2. The first-order valence-corrected chi connectivity index (χ1v) is 9.68. The highest BCUT2D eigenvalue weighted by molar-refractivity contribution is 6.30. The Labute approximate surface area is 165 Å². The summed E-state index contributed by atoms with van der Waals surface area (Å²) in [6.07, 6.45) is 0.282. The van der Waals surface area contributed by atoms with Crippen molar-refractivity contribution >= 4 is 23.4 Å². The minimum atomic E-state index is -0.282. The van der Waals surface area contributed by atoms with Gasteiger partial charge in [0.2, 0.25) is 11.8 Å². The molecule has 142 valence electrons. The number of amides is 2. The number of hydrogen-bond donors (Lipinski definition) is 0. The van der Waals surface area contributed by atoms with Gasteiger partial charge in [-0.15, -0.1) is 0 Å². The molecule has 0 radical (unpaired) electrons. The molecule has 2 amide bonds. The molecule has 0 N–H and O–H groups in total. The van der Waals surface area contributed by atoms with Crippen molar-refractivity contribution < 1.29 is 9.59 Å². The Morgan fingerprint density at radius 1 is 1.11 bits per heavy atom. The van der Waals surface area contributed by atoms with Gasteiger partial charge in [0.1, 0.15) is 0 Å². The SMILES string of the molecule is CC(C)N(Cc1ccccc1)C(=O)C1CC(=O)N(Cc2ccc(Cl)cc2)C1. The second kappa shape index (κ2) is 8.57. The number of benzene rings is 2. The second-order valence-electron chi connectivity index (χ2n) is 7.35. The van der Waals surface area contributed by atoms with Gasteiger partial charge in [0.25, 0.3) is 0 Å². The van der Waals surface area contributed by atoms with Crippen LogP contribution in [0.2, 0.25) is 5.02 Å². The summed E-state index contributed by atoms with van der Waals surface area (Å²) in [5, 5.41) is 0.674. The first-order chi connectivity index (χ1) is 12.9. The molecule has 1 heterocycles. The highest BCUT2D eigenvalue weighted by atomic mass is 35.5. The topological polar surface area (TPSA) is 40.6 Å². The molecule has 0 bridgehead atoms. The van der Waals surface area contributed by atoms with Gasteiger partial charge in [-0.2, -0.15) is 0 Å². The maximum absolute atomic E-state index is 13.1. The molecule has 1 atom stereocenters. The van der Waals surface area contributed by atoms with Crippen LogP contribution in [0.25, 0.3) is 0 Å². The van der Waals surface area contributed by atoms with E-state index in [-0.39, 0.29) is 30.2 Å².